The summed E-state index contributed by atoms with van der Waals surface area (Å²) in [6.07, 6.45) is 5.15. The second kappa shape index (κ2) is 9.41. The van der Waals surface area contributed by atoms with E-state index in [4.69, 9.17) is 5.26 Å². The lowest BCUT2D eigenvalue weighted by Gasteiger charge is -2.41. The summed E-state index contributed by atoms with van der Waals surface area (Å²) in [4.78, 5) is 9.96. The number of H-pyrrole nitrogens is 1. The molecule has 0 aliphatic carbocycles. The number of aliphatic hydroxyl groups is 1. The molecule has 164 valence electrons. The van der Waals surface area contributed by atoms with Gasteiger partial charge in [0.2, 0.25) is 0 Å². The van der Waals surface area contributed by atoms with Gasteiger partial charge in [0.15, 0.2) is 0 Å². The molecular weight excluding hydrogens is 408 g/mol. The SMILES string of the molecule is N#Cc1ccc(CC(c2cnc[nH]2)N2Cc3cc(-c4ccccc4)ccc3C[C@H]2CO)cc1. The van der Waals surface area contributed by atoms with E-state index < -0.39 is 0 Å². The van der Waals surface area contributed by atoms with Crippen LogP contribution >= 0.6 is 0 Å². The van der Waals surface area contributed by atoms with E-state index in [-0.39, 0.29) is 18.7 Å². The molecule has 2 heterocycles. The van der Waals surface area contributed by atoms with Crippen LogP contribution in [0.15, 0.2) is 85.3 Å². The quantitative estimate of drug-likeness (QED) is 0.463. The van der Waals surface area contributed by atoms with Crippen LogP contribution in [0.25, 0.3) is 11.1 Å². The molecule has 0 fully saturated rings. The number of hydrogen-bond acceptors (Lipinski definition) is 4. The van der Waals surface area contributed by atoms with Crippen molar-refractivity contribution in [1.29, 1.82) is 5.26 Å². The summed E-state index contributed by atoms with van der Waals surface area (Å²) in [6.45, 7) is 0.846. The van der Waals surface area contributed by atoms with Gasteiger partial charge >= 0.3 is 0 Å². The molecular formula is C28H26N4O. The van der Waals surface area contributed by atoms with Gasteiger partial charge in [0.25, 0.3) is 0 Å². The van der Waals surface area contributed by atoms with Crippen molar-refractivity contribution in [3.8, 4) is 17.2 Å². The van der Waals surface area contributed by atoms with Crippen LogP contribution in [-0.4, -0.2) is 32.6 Å². The van der Waals surface area contributed by atoms with Crippen molar-refractivity contribution in [2.45, 2.75) is 31.5 Å². The fraction of sp³-hybridized carbons (Fsp3) is 0.214. The minimum atomic E-state index is 0.0201. The molecule has 1 aromatic heterocycles. The number of nitrogens with zero attached hydrogens (tertiary/aromatic N) is 3. The van der Waals surface area contributed by atoms with E-state index >= 15 is 0 Å². The van der Waals surface area contributed by atoms with Crippen molar-refractivity contribution < 1.29 is 5.11 Å². The zero-order valence-corrected chi connectivity index (χ0v) is 18.4. The summed E-state index contributed by atoms with van der Waals surface area (Å²) in [6, 6.07) is 27.1. The van der Waals surface area contributed by atoms with Gasteiger partial charge < -0.3 is 10.1 Å². The van der Waals surface area contributed by atoms with Crippen LogP contribution in [-0.2, 0) is 19.4 Å². The molecule has 3 aromatic carbocycles. The van der Waals surface area contributed by atoms with Crippen molar-refractivity contribution in [2.24, 2.45) is 0 Å². The van der Waals surface area contributed by atoms with Crippen LogP contribution in [0.5, 0.6) is 0 Å². The maximum absolute atomic E-state index is 10.3. The Bertz CT molecular complexity index is 1240. The molecule has 2 N–H and O–H groups in total. The molecule has 4 aromatic rings. The molecule has 0 radical (unpaired) electrons. The Morgan fingerprint density at radius 2 is 1.85 bits per heavy atom. The van der Waals surface area contributed by atoms with Crippen LogP contribution in [0.1, 0.15) is 34.0 Å². The molecule has 33 heavy (non-hydrogen) atoms. The van der Waals surface area contributed by atoms with Gasteiger partial charge in [-0.05, 0) is 58.9 Å². The van der Waals surface area contributed by atoms with E-state index in [1.165, 1.54) is 22.3 Å². The van der Waals surface area contributed by atoms with E-state index in [0.717, 1.165) is 30.6 Å². The maximum atomic E-state index is 10.3. The third kappa shape index (κ3) is 4.45. The first-order valence-electron chi connectivity index (χ1n) is 11.3. The molecule has 2 atom stereocenters. The lowest BCUT2D eigenvalue weighted by molar-refractivity contribution is 0.0634. The molecule has 5 rings (SSSR count). The van der Waals surface area contributed by atoms with E-state index in [1.54, 1.807) is 6.33 Å². The minimum absolute atomic E-state index is 0.0201. The molecule has 0 spiro atoms. The normalized spacial score (nSPS) is 16.7. The van der Waals surface area contributed by atoms with Crippen molar-refractivity contribution in [1.82, 2.24) is 14.9 Å². The summed E-state index contributed by atoms with van der Waals surface area (Å²) in [5, 5.41) is 19.4. The highest BCUT2D eigenvalue weighted by Gasteiger charge is 2.33. The highest BCUT2D eigenvalue weighted by molar-refractivity contribution is 5.65. The number of benzene rings is 3. The Morgan fingerprint density at radius 1 is 1.03 bits per heavy atom. The van der Waals surface area contributed by atoms with Crippen LogP contribution < -0.4 is 0 Å². The monoisotopic (exact) mass is 434 g/mol. The van der Waals surface area contributed by atoms with Crippen LogP contribution in [0.2, 0.25) is 0 Å². The first-order valence-corrected chi connectivity index (χ1v) is 11.3. The van der Waals surface area contributed by atoms with E-state index in [0.29, 0.717) is 5.56 Å². The molecule has 1 unspecified atom stereocenters. The fourth-order valence-electron chi connectivity index (χ4n) is 4.81. The number of fused-ring (bicyclic) bond motifs is 1. The molecule has 0 saturated heterocycles. The second-order valence-corrected chi connectivity index (χ2v) is 8.60. The van der Waals surface area contributed by atoms with Crippen molar-refractivity contribution in [3.05, 3.63) is 113 Å². The standard InChI is InChI=1S/C28H26N4O/c29-15-21-8-6-20(7-9-21)12-28(27-16-30-19-31-27)32-17-25-13-23(22-4-2-1-3-5-22)10-11-24(25)14-26(32)18-33/h1-11,13,16,19,26,28,33H,12,14,17-18H2,(H,30,31)/t26-,28?/m0/s1. The van der Waals surface area contributed by atoms with Gasteiger partial charge in [-0.1, -0.05) is 54.6 Å². The third-order valence-corrected chi connectivity index (χ3v) is 6.59. The zero-order valence-electron chi connectivity index (χ0n) is 18.4. The molecule has 1 aliphatic heterocycles. The topological polar surface area (TPSA) is 75.9 Å². The largest absolute Gasteiger partial charge is 0.395 e. The van der Waals surface area contributed by atoms with Crippen LogP contribution in [0, 0.1) is 11.3 Å². The van der Waals surface area contributed by atoms with Gasteiger partial charge in [-0.25, -0.2) is 4.98 Å². The Labute approximate surface area is 194 Å². The lowest BCUT2D eigenvalue weighted by atomic mass is 9.88. The molecule has 1 aliphatic rings. The predicted octanol–water partition coefficient (Wildman–Crippen LogP) is 4.65. The summed E-state index contributed by atoms with van der Waals surface area (Å²) in [7, 11) is 0. The number of hydrogen-bond donors (Lipinski definition) is 2. The number of nitriles is 1. The molecule has 0 saturated carbocycles. The van der Waals surface area contributed by atoms with E-state index in [2.05, 4.69) is 63.4 Å². The Morgan fingerprint density at radius 3 is 2.55 bits per heavy atom. The number of aliphatic hydroxyl groups excluding tert-OH is 1. The molecule has 5 nitrogen and oxygen atoms in total. The predicted molar refractivity (Wildman–Crippen MR) is 128 cm³/mol. The average molecular weight is 435 g/mol. The highest BCUT2D eigenvalue weighted by Crippen LogP contribution is 2.35. The number of aromatic amines is 1. The summed E-state index contributed by atoms with van der Waals surface area (Å²) in [5.41, 5.74) is 7.85. The van der Waals surface area contributed by atoms with E-state index in [9.17, 15) is 5.11 Å². The summed E-state index contributed by atoms with van der Waals surface area (Å²) < 4.78 is 0. The summed E-state index contributed by atoms with van der Waals surface area (Å²) >= 11 is 0. The van der Waals surface area contributed by atoms with Crippen molar-refractivity contribution >= 4 is 0 Å². The van der Waals surface area contributed by atoms with Gasteiger partial charge in [-0.15, -0.1) is 0 Å². The van der Waals surface area contributed by atoms with Crippen LogP contribution in [0.3, 0.4) is 0 Å². The Hall–Kier alpha value is -3.72. The number of imidazole rings is 1. The Balaban J connectivity index is 1.49. The maximum Gasteiger partial charge on any atom is 0.0991 e. The number of nitrogens with one attached hydrogen (secondary N) is 1. The van der Waals surface area contributed by atoms with Gasteiger partial charge in [-0.2, -0.15) is 5.26 Å². The van der Waals surface area contributed by atoms with Crippen molar-refractivity contribution in [2.75, 3.05) is 6.61 Å². The number of aromatic nitrogens is 2. The average Bonchev–Trinajstić information content (AvgIpc) is 3.42. The van der Waals surface area contributed by atoms with E-state index in [1.807, 2.05) is 36.5 Å². The number of rotatable bonds is 6. The van der Waals surface area contributed by atoms with Gasteiger partial charge in [0.1, 0.15) is 0 Å². The Kier molecular flexibility index (Phi) is 6.03. The second-order valence-electron chi connectivity index (χ2n) is 8.60. The van der Waals surface area contributed by atoms with Gasteiger partial charge in [0, 0.05) is 18.8 Å². The molecule has 0 amide bonds. The first kappa shape index (κ1) is 21.1. The van der Waals surface area contributed by atoms with Crippen molar-refractivity contribution in [3.63, 3.8) is 0 Å². The smallest absolute Gasteiger partial charge is 0.0991 e. The first-order chi connectivity index (χ1) is 16.2. The lowest BCUT2D eigenvalue weighted by Crippen LogP contribution is -2.45. The van der Waals surface area contributed by atoms with Crippen LogP contribution in [0.4, 0.5) is 0 Å². The van der Waals surface area contributed by atoms with Gasteiger partial charge in [-0.3, -0.25) is 4.90 Å². The highest BCUT2D eigenvalue weighted by atomic mass is 16.3. The minimum Gasteiger partial charge on any atom is -0.395 e. The zero-order chi connectivity index (χ0) is 22.6. The third-order valence-electron chi connectivity index (χ3n) is 6.59. The molecule has 5 heteroatoms. The fourth-order valence-corrected chi connectivity index (χ4v) is 4.81. The summed E-state index contributed by atoms with van der Waals surface area (Å²) in [5.74, 6) is 0. The van der Waals surface area contributed by atoms with Gasteiger partial charge in [0.05, 0.1) is 36.3 Å². The molecule has 0 bridgehead atoms.